The normalized spacial score (nSPS) is 10.2. The Kier molecular flexibility index (Phi) is 4.29. The molecule has 0 aliphatic rings. The fourth-order valence-electron chi connectivity index (χ4n) is 1.89. The number of rotatable bonds is 4. The van der Waals surface area contributed by atoms with Crippen LogP contribution in [0.1, 0.15) is 15.9 Å². The Hall–Kier alpha value is -2.01. The Bertz CT molecular complexity index is 656. The number of anilines is 1. The summed E-state index contributed by atoms with van der Waals surface area (Å²) in [6.45, 7) is 0. The van der Waals surface area contributed by atoms with E-state index in [9.17, 15) is 4.79 Å². The van der Waals surface area contributed by atoms with Crippen LogP contribution in [-0.2, 0) is 0 Å². The predicted octanol–water partition coefficient (Wildman–Crippen LogP) is 3.28. The van der Waals surface area contributed by atoms with Gasteiger partial charge in [-0.2, -0.15) is 0 Å². The Morgan fingerprint density at radius 3 is 2.30 bits per heavy atom. The van der Waals surface area contributed by atoms with E-state index in [1.54, 1.807) is 36.4 Å². The Morgan fingerprint density at radius 2 is 1.70 bits per heavy atom. The first-order valence-corrected chi connectivity index (χ1v) is 6.68. The van der Waals surface area contributed by atoms with Gasteiger partial charge in [0.1, 0.15) is 11.5 Å². The molecule has 0 amide bonds. The maximum Gasteiger partial charge on any atom is 0.198 e. The second-order valence-electron chi connectivity index (χ2n) is 4.10. The highest BCUT2D eigenvalue weighted by molar-refractivity contribution is 9.10. The molecule has 104 valence electrons. The topological polar surface area (TPSA) is 61.5 Å². The molecule has 2 aromatic rings. The maximum absolute atomic E-state index is 12.6. The summed E-state index contributed by atoms with van der Waals surface area (Å²) in [7, 11) is 3.05. The summed E-state index contributed by atoms with van der Waals surface area (Å²) in [6, 6.07) is 10.3. The third-order valence-corrected chi connectivity index (χ3v) is 3.54. The molecule has 0 heterocycles. The van der Waals surface area contributed by atoms with E-state index in [4.69, 9.17) is 15.2 Å². The van der Waals surface area contributed by atoms with Gasteiger partial charge in [-0.25, -0.2) is 0 Å². The summed E-state index contributed by atoms with van der Waals surface area (Å²) in [5, 5.41) is 0. The molecule has 0 aliphatic carbocycles. The van der Waals surface area contributed by atoms with Crippen molar-refractivity contribution in [3.8, 4) is 11.5 Å². The van der Waals surface area contributed by atoms with Crippen LogP contribution in [0.3, 0.4) is 0 Å². The van der Waals surface area contributed by atoms with Gasteiger partial charge in [0.05, 0.1) is 24.3 Å². The van der Waals surface area contributed by atoms with Crippen LogP contribution in [0.25, 0.3) is 0 Å². The summed E-state index contributed by atoms with van der Waals surface area (Å²) < 4.78 is 11.2. The number of nitrogen functional groups attached to an aromatic ring is 1. The van der Waals surface area contributed by atoms with Gasteiger partial charge >= 0.3 is 0 Å². The smallest absolute Gasteiger partial charge is 0.198 e. The SMILES string of the molecule is COc1cc(C(=O)c2ccccc2N)c(OC)cc1Br. The molecular formula is C15H14BrNO3. The molecule has 0 radical (unpaired) electrons. The fraction of sp³-hybridized carbons (Fsp3) is 0.133. The van der Waals surface area contributed by atoms with E-state index in [2.05, 4.69) is 15.9 Å². The number of ether oxygens (including phenoxy) is 2. The van der Waals surface area contributed by atoms with Gasteiger partial charge in [-0.05, 0) is 40.2 Å². The highest BCUT2D eigenvalue weighted by Gasteiger charge is 2.19. The van der Waals surface area contributed by atoms with Gasteiger partial charge < -0.3 is 15.2 Å². The van der Waals surface area contributed by atoms with Crippen LogP contribution in [-0.4, -0.2) is 20.0 Å². The summed E-state index contributed by atoms with van der Waals surface area (Å²) in [4.78, 5) is 12.6. The van der Waals surface area contributed by atoms with Crippen molar-refractivity contribution in [1.82, 2.24) is 0 Å². The lowest BCUT2D eigenvalue weighted by Gasteiger charge is -2.12. The van der Waals surface area contributed by atoms with Gasteiger partial charge in [0.15, 0.2) is 5.78 Å². The third-order valence-electron chi connectivity index (χ3n) is 2.92. The zero-order valence-corrected chi connectivity index (χ0v) is 12.7. The van der Waals surface area contributed by atoms with Crippen molar-refractivity contribution in [3.05, 3.63) is 52.0 Å². The zero-order valence-electron chi connectivity index (χ0n) is 11.1. The molecular weight excluding hydrogens is 322 g/mol. The second kappa shape index (κ2) is 5.96. The molecule has 5 heteroatoms. The Labute approximate surface area is 125 Å². The third kappa shape index (κ3) is 2.63. The minimum absolute atomic E-state index is 0.203. The Balaban J connectivity index is 2.57. The lowest BCUT2D eigenvalue weighted by Crippen LogP contribution is -2.07. The van der Waals surface area contributed by atoms with Gasteiger partial charge in [-0.1, -0.05) is 12.1 Å². The number of benzene rings is 2. The number of ketones is 1. The van der Waals surface area contributed by atoms with Gasteiger partial charge in [-0.3, -0.25) is 4.79 Å². The average Bonchev–Trinajstić information content (AvgIpc) is 2.46. The zero-order chi connectivity index (χ0) is 14.7. The molecule has 0 saturated heterocycles. The largest absolute Gasteiger partial charge is 0.496 e. The van der Waals surface area contributed by atoms with E-state index in [1.165, 1.54) is 14.2 Å². The molecule has 0 unspecified atom stereocenters. The van der Waals surface area contributed by atoms with E-state index < -0.39 is 0 Å². The quantitative estimate of drug-likeness (QED) is 0.688. The first kappa shape index (κ1) is 14.4. The van der Waals surface area contributed by atoms with E-state index in [1.807, 2.05) is 0 Å². The van der Waals surface area contributed by atoms with Gasteiger partial charge in [0.2, 0.25) is 0 Å². The molecule has 0 atom stereocenters. The van der Waals surface area contributed by atoms with Gasteiger partial charge in [0, 0.05) is 11.3 Å². The lowest BCUT2D eigenvalue weighted by atomic mass is 10.0. The maximum atomic E-state index is 12.6. The van der Waals surface area contributed by atoms with Crippen molar-refractivity contribution in [2.45, 2.75) is 0 Å². The monoisotopic (exact) mass is 335 g/mol. The molecule has 2 rings (SSSR count). The first-order valence-electron chi connectivity index (χ1n) is 5.89. The van der Waals surface area contributed by atoms with Gasteiger partial charge in [-0.15, -0.1) is 0 Å². The number of carbonyl (C=O) groups excluding carboxylic acids is 1. The minimum atomic E-state index is -0.203. The van der Waals surface area contributed by atoms with Crippen molar-refractivity contribution in [1.29, 1.82) is 0 Å². The summed E-state index contributed by atoms with van der Waals surface area (Å²) in [6.07, 6.45) is 0. The van der Waals surface area contributed by atoms with Crippen molar-refractivity contribution >= 4 is 27.4 Å². The number of hydrogen-bond donors (Lipinski definition) is 1. The summed E-state index contributed by atoms with van der Waals surface area (Å²) in [5.74, 6) is 0.820. The molecule has 2 N–H and O–H groups in total. The minimum Gasteiger partial charge on any atom is -0.496 e. The van der Waals surface area contributed by atoms with Crippen molar-refractivity contribution < 1.29 is 14.3 Å². The molecule has 20 heavy (non-hydrogen) atoms. The number of nitrogens with two attached hydrogens (primary N) is 1. The second-order valence-corrected chi connectivity index (χ2v) is 4.96. The number of hydrogen-bond acceptors (Lipinski definition) is 4. The lowest BCUT2D eigenvalue weighted by molar-refractivity contribution is 0.103. The van der Waals surface area contributed by atoms with E-state index in [0.29, 0.717) is 28.3 Å². The summed E-state index contributed by atoms with van der Waals surface area (Å²) in [5.41, 5.74) is 7.13. The number of halogens is 1. The van der Waals surface area contributed by atoms with E-state index >= 15 is 0 Å². The molecule has 0 saturated carbocycles. The molecule has 0 spiro atoms. The van der Waals surface area contributed by atoms with Crippen LogP contribution in [0.4, 0.5) is 5.69 Å². The van der Waals surface area contributed by atoms with Crippen LogP contribution in [0.15, 0.2) is 40.9 Å². The average molecular weight is 336 g/mol. The number of para-hydroxylation sites is 1. The van der Waals surface area contributed by atoms with Crippen LogP contribution in [0, 0.1) is 0 Å². The highest BCUT2D eigenvalue weighted by atomic mass is 79.9. The fourth-order valence-corrected chi connectivity index (χ4v) is 2.37. The van der Waals surface area contributed by atoms with Crippen LogP contribution < -0.4 is 15.2 Å². The van der Waals surface area contributed by atoms with Crippen LogP contribution >= 0.6 is 15.9 Å². The number of methoxy groups -OCH3 is 2. The molecule has 4 nitrogen and oxygen atoms in total. The summed E-state index contributed by atoms with van der Waals surface area (Å²) >= 11 is 3.36. The predicted molar refractivity (Wildman–Crippen MR) is 81.5 cm³/mol. The molecule has 0 bridgehead atoms. The molecule has 0 fully saturated rings. The van der Waals surface area contributed by atoms with Crippen LogP contribution in [0.5, 0.6) is 11.5 Å². The van der Waals surface area contributed by atoms with Crippen molar-refractivity contribution in [2.24, 2.45) is 0 Å². The first-order chi connectivity index (χ1) is 9.58. The molecule has 2 aromatic carbocycles. The molecule has 0 aromatic heterocycles. The van der Waals surface area contributed by atoms with Crippen molar-refractivity contribution in [2.75, 3.05) is 20.0 Å². The van der Waals surface area contributed by atoms with Crippen LogP contribution in [0.2, 0.25) is 0 Å². The highest BCUT2D eigenvalue weighted by Crippen LogP contribution is 2.34. The number of carbonyl (C=O) groups is 1. The van der Waals surface area contributed by atoms with Gasteiger partial charge in [0.25, 0.3) is 0 Å². The Morgan fingerprint density at radius 1 is 1.05 bits per heavy atom. The van der Waals surface area contributed by atoms with E-state index in [-0.39, 0.29) is 5.78 Å². The molecule has 0 aliphatic heterocycles. The van der Waals surface area contributed by atoms with E-state index in [0.717, 1.165) is 4.47 Å². The standard InChI is InChI=1S/C15H14BrNO3/c1-19-13-8-11(16)14(20-2)7-10(13)15(18)9-5-3-4-6-12(9)17/h3-8H,17H2,1-2H3. The van der Waals surface area contributed by atoms with Crippen molar-refractivity contribution in [3.63, 3.8) is 0 Å².